The van der Waals surface area contributed by atoms with E-state index in [9.17, 15) is 18.4 Å². The minimum absolute atomic E-state index is 0.330. The van der Waals surface area contributed by atoms with Crippen molar-refractivity contribution in [3.63, 3.8) is 0 Å². The Kier molecular flexibility index (Phi) is 6.19. The molecule has 0 spiro atoms. The summed E-state index contributed by atoms with van der Waals surface area (Å²) in [6, 6.07) is 16.4. The van der Waals surface area contributed by atoms with Crippen LogP contribution < -0.4 is 15.4 Å². The van der Waals surface area contributed by atoms with Gasteiger partial charge in [0.1, 0.15) is 5.75 Å². The van der Waals surface area contributed by atoms with Gasteiger partial charge in [-0.05, 0) is 67.6 Å². The molecular weight excluding hydrogens is 378 g/mol. The average Bonchev–Trinajstić information content (AvgIpc) is 2.72. The molecule has 5 nitrogen and oxygen atoms in total. The lowest BCUT2D eigenvalue weighted by Gasteiger charge is -2.09. The number of nitrogens with one attached hydrogen (secondary N) is 2. The smallest absolute Gasteiger partial charge is 0.258 e. The summed E-state index contributed by atoms with van der Waals surface area (Å²) in [4.78, 5) is 24.5. The number of hydrogen-bond acceptors (Lipinski definition) is 3. The molecule has 29 heavy (non-hydrogen) atoms. The van der Waals surface area contributed by atoms with Crippen LogP contribution in [0.2, 0.25) is 0 Å². The van der Waals surface area contributed by atoms with E-state index in [2.05, 4.69) is 10.6 Å². The number of hydrogen-bond donors (Lipinski definition) is 2. The van der Waals surface area contributed by atoms with E-state index >= 15 is 0 Å². The Morgan fingerprint density at radius 3 is 2.03 bits per heavy atom. The van der Waals surface area contributed by atoms with Crippen molar-refractivity contribution in [1.82, 2.24) is 0 Å². The predicted octanol–water partition coefficient (Wildman–Crippen LogP) is 4.87. The Balaban J connectivity index is 1.64. The standard InChI is InChI=1S/C22H18F2N2O3/c1-2-29-17-12-10-16(11-13-17)25-21(27)14-6-8-15(9-7-14)26-22(28)18-4-3-5-19(23)20(18)24/h3-13H,2H2,1H3,(H,25,27)(H,26,28). The molecule has 0 atom stereocenters. The molecule has 7 heteroatoms. The van der Waals surface area contributed by atoms with Crippen molar-refractivity contribution in [2.24, 2.45) is 0 Å². The first-order chi connectivity index (χ1) is 14.0. The fraction of sp³-hybridized carbons (Fsp3) is 0.0909. The van der Waals surface area contributed by atoms with Crippen LogP contribution in [0.5, 0.6) is 5.75 Å². The third-order valence-corrected chi connectivity index (χ3v) is 4.02. The van der Waals surface area contributed by atoms with Crippen LogP contribution in [0.15, 0.2) is 66.7 Å². The van der Waals surface area contributed by atoms with Crippen molar-refractivity contribution in [2.45, 2.75) is 6.92 Å². The Bertz CT molecular complexity index is 1020. The second-order valence-electron chi connectivity index (χ2n) is 6.04. The van der Waals surface area contributed by atoms with E-state index in [0.29, 0.717) is 29.3 Å². The normalized spacial score (nSPS) is 10.3. The van der Waals surface area contributed by atoms with Gasteiger partial charge in [0.05, 0.1) is 12.2 Å². The first-order valence-electron chi connectivity index (χ1n) is 8.87. The first kappa shape index (κ1) is 20.0. The lowest BCUT2D eigenvalue weighted by Crippen LogP contribution is -2.15. The Morgan fingerprint density at radius 2 is 1.41 bits per heavy atom. The predicted molar refractivity (Wildman–Crippen MR) is 106 cm³/mol. The van der Waals surface area contributed by atoms with Crippen molar-refractivity contribution in [3.05, 3.63) is 89.5 Å². The lowest BCUT2D eigenvalue weighted by atomic mass is 10.1. The van der Waals surface area contributed by atoms with Gasteiger partial charge in [0.25, 0.3) is 11.8 Å². The molecule has 0 bridgehead atoms. The van der Waals surface area contributed by atoms with Crippen LogP contribution in [0.1, 0.15) is 27.6 Å². The Hall–Kier alpha value is -3.74. The summed E-state index contributed by atoms with van der Waals surface area (Å²) in [6.07, 6.45) is 0. The van der Waals surface area contributed by atoms with Crippen LogP contribution in [-0.2, 0) is 0 Å². The highest BCUT2D eigenvalue weighted by atomic mass is 19.2. The van der Waals surface area contributed by atoms with Gasteiger partial charge in [0, 0.05) is 16.9 Å². The van der Waals surface area contributed by atoms with Crippen molar-refractivity contribution in [3.8, 4) is 5.75 Å². The Labute approximate surface area is 166 Å². The van der Waals surface area contributed by atoms with Crippen molar-refractivity contribution in [1.29, 1.82) is 0 Å². The van der Waals surface area contributed by atoms with Gasteiger partial charge >= 0.3 is 0 Å². The molecule has 3 aromatic carbocycles. The number of carbonyl (C=O) groups is 2. The maximum atomic E-state index is 13.7. The lowest BCUT2D eigenvalue weighted by molar-refractivity contribution is 0.101. The first-order valence-corrected chi connectivity index (χ1v) is 8.87. The van der Waals surface area contributed by atoms with Crippen LogP contribution in [0.4, 0.5) is 20.2 Å². The fourth-order valence-corrected chi connectivity index (χ4v) is 2.59. The molecule has 0 aliphatic carbocycles. The molecule has 0 aliphatic rings. The average molecular weight is 396 g/mol. The summed E-state index contributed by atoms with van der Waals surface area (Å²) in [5.41, 5.74) is 0.921. The van der Waals surface area contributed by atoms with Crippen LogP contribution in [0.25, 0.3) is 0 Å². The van der Waals surface area contributed by atoms with E-state index in [-0.39, 0.29) is 5.91 Å². The van der Waals surface area contributed by atoms with Crippen LogP contribution in [0.3, 0.4) is 0 Å². The number of amides is 2. The molecule has 3 rings (SSSR count). The van der Waals surface area contributed by atoms with Crippen LogP contribution in [-0.4, -0.2) is 18.4 Å². The SMILES string of the molecule is CCOc1ccc(NC(=O)c2ccc(NC(=O)c3cccc(F)c3F)cc2)cc1. The molecule has 0 saturated heterocycles. The molecule has 0 fully saturated rings. The number of rotatable bonds is 6. The van der Waals surface area contributed by atoms with E-state index in [1.54, 1.807) is 24.3 Å². The summed E-state index contributed by atoms with van der Waals surface area (Å²) >= 11 is 0. The third-order valence-electron chi connectivity index (χ3n) is 4.02. The molecule has 148 valence electrons. The summed E-state index contributed by atoms with van der Waals surface area (Å²) in [5.74, 6) is -2.72. The maximum Gasteiger partial charge on any atom is 0.258 e. The second-order valence-corrected chi connectivity index (χ2v) is 6.04. The van der Waals surface area contributed by atoms with E-state index in [0.717, 1.165) is 6.07 Å². The summed E-state index contributed by atoms with van der Waals surface area (Å²) in [7, 11) is 0. The highest BCUT2D eigenvalue weighted by molar-refractivity contribution is 6.06. The number of halogens is 2. The van der Waals surface area contributed by atoms with E-state index < -0.39 is 23.1 Å². The van der Waals surface area contributed by atoms with Gasteiger partial charge in [-0.2, -0.15) is 0 Å². The molecule has 3 aromatic rings. The van der Waals surface area contributed by atoms with Gasteiger partial charge in [-0.3, -0.25) is 9.59 Å². The Morgan fingerprint density at radius 1 is 0.828 bits per heavy atom. The zero-order chi connectivity index (χ0) is 20.8. The number of benzene rings is 3. The molecule has 0 saturated carbocycles. The summed E-state index contributed by atoms with van der Waals surface area (Å²) < 4.78 is 32.3. The fourth-order valence-electron chi connectivity index (χ4n) is 2.59. The number of carbonyl (C=O) groups excluding carboxylic acids is 2. The largest absolute Gasteiger partial charge is 0.494 e. The minimum Gasteiger partial charge on any atom is -0.494 e. The highest BCUT2D eigenvalue weighted by Gasteiger charge is 2.15. The molecule has 0 unspecified atom stereocenters. The monoisotopic (exact) mass is 396 g/mol. The number of ether oxygens (including phenoxy) is 1. The van der Waals surface area contributed by atoms with Crippen molar-refractivity contribution >= 4 is 23.2 Å². The molecule has 2 N–H and O–H groups in total. The quantitative estimate of drug-likeness (QED) is 0.625. The third kappa shape index (κ3) is 4.95. The van der Waals surface area contributed by atoms with E-state index in [1.807, 2.05) is 6.92 Å². The van der Waals surface area contributed by atoms with Gasteiger partial charge in [-0.15, -0.1) is 0 Å². The van der Waals surface area contributed by atoms with Gasteiger partial charge in [-0.25, -0.2) is 8.78 Å². The van der Waals surface area contributed by atoms with Crippen molar-refractivity contribution in [2.75, 3.05) is 17.2 Å². The minimum atomic E-state index is -1.21. The summed E-state index contributed by atoms with van der Waals surface area (Å²) in [6.45, 7) is 2.44. The van der Waals surface area contributed by atoms with Gasteiger partial charge in [0.2, 0.25) is 0 Å². The maximum absolute atomic E-state index is 13.7. The zero-order valence-electron chi connectivity index (χ0n) is 15.5. The van der Waals surface area contributed by atoms with Gasteiger partial charge in [0.15, 0.2) is 11.6 Å². The van der Waals surface area contributed by atoms with E-state index in [4.69, 9.17) is 4.74 Å². The molecule has 0 heterocycles. The topological polar surface area (TPSA) is 67.4 Å². The molecule has 0 radical (unpaired) electrons. The molecular formula is C22H18F2N2O3. The highest BCUT2D eigenvalue weighted by Crippen LogP contribution is 2.18. The summed E-state index contributed by atoms with van der Waals surface area (Å²) in [5, 5.41) is 5.22. The zero-order valence-corrected chi connectivity index (χ0v) is 15.5. The van der Waals surface area contributed by atoms with Gasteiger partial charge < -0.3 is 15.4 Å². The number of anilines is 2. The molecule has 0 aromatic heterocycles. The van der Waals surface area contributed by atoms with Crippen molar-refractivity contribution < 1.29 is 23.1 Å². The molecule has 2 amide bonds. The van der Waals surface area contributed by atoms with Crippen LogP contribution >= 0.6 is 0 Å². The second kappa shape index (κ2) is 8.97. The van der Waals surface area contributed by atoms with Gasteiger partial charge in [-0.1, -0.05) is 6.07 Å². The van der Waals surface area contributed by atoms with Crippen LogP contribution in [0, 0.1) is 11.6 Å². The molecule has 0 aliphatic heterocycles. The van der Waals surface area contributed by atoms with E-state index in [1.165, 1.54) is 36.4 Å².